The lowest BCUT2D eigenvalue weighted by atomic mass is 10.1. The van der Waals surface area contributed by atoms with Crippen molar-refractivity contribution in [3.63, 3.8) is 0 Å². The molecule has 1 aromatic carbocycles. The molecule has 0 unspecified atom stereocenters. The minimum Gasteiger partial charge on any atom is -0.300 e. The van der Waals surface area contributed by atoms with Crippen LogP contribution in [0.2, 0.25) is 5.02 Å². The Morgan fingerprint density at radius 3 is 3.05 bits per heavy atom. The molecule has 1 aliphatic rings. The molecule has 3 heterocycles. The Morgan fingerprint density at radius 2 is 2.19 bits per heavy atom. The van der Waals surface area contributed by atoms with Crippen molar-refractivity contribution in [2.24, 2.45) is 0 Å². The number of aromatic nitrogens is 5. The van der Waals surface area contributed by atoms with Gasteiger partial charge in [-0.15, -0.1) is 0 Å². The molecular formula is C15H14ClN5. The average molecular weight is 300 g/mol. The first-order chi connectivity index (χ1) is 10.3. The molecule has 5 nitrogen and oxygen atoms in total. The number of hydrogen-bond acceptors (Lipinski definition) is 3. The van der Waals surface area contributed by atoms with Crippen molar-refractivity contribution in [2.45, 2.75) is 26.3 Å². The van der Waals surface area contributed by atoms with E-state index in [0.717, 1.165) is 35.6 Å². The van der Waals surface area contributed by atoms with Crippen LogP contribution in [0.4, 0.5) is 0 Å². The Morgan fingerprint density at radius 1 is 1.29 bits per heavy atom. The minimum absolute atomic E-state index is 0.678. The fraction of sp³-hybridized carbons (Fsp3) is 0.267. The number of benzene rings is 1. The van der Waals surface area contributed by atoms with Crippen LogP contribution in [0.15, 0.2) is 30.9 Å². The molecule has 6 heteroatoms. The van der Waals surface area contributed by atoms with Crippen LogP contribution in [0.1, 0.15) is 24.7 Å². The van der Waals surface area contributed by atoms with Gasteiger partial charge in [-0.05, 0) is 24.6 Å². The largest absolute Gasteiger partial charge is 0.300 e. The summed E-state index contributed by atoms with van der Waals surface area (Å²) in [4.78, 5) is 8.97. The summed E-state index contributed by atoms with van der Waals surface area (Å²) >= 11 is 6.16. The number of nitrogens with zero attached hydrogens (tertiary/aromatic N) is 5. The maximum atomic E-state index is 6.16. The lowest BCUT2D eigenvalue weighted by molar-refractivity contribution is 0.668. The molecule has 0 bridgehead atoms. The fourth-order valence-corrected chi connectivity index (χ4v) is 3.03. The van der Waals surface area contributed by atoms with E-state index in [1.54, 1.807) is 6.33 Å². The van der Waals surface area contributed by atoms with Gasteiger partial charge >= 0.3 is 0 Å². The summed E-state index contributed by atoms with van der Waals surface area (Å²) in [6, 6.07) is 5.85. The number of rotatable bonds is 2. The van der Waals surface area contributed by atoms with E-state index >= 15 is 0 Å². The molecule has 0 radical (unpaired) electrons. The fourth-order valence-electron chi connectivity index (χ4n) is 2.86. The van der Waals surface area contributed by atoms with Crippen LogP contribution in [-0.2, 0) is 13.0 Å². The molecule has 106 valence electrons. The molecule has 0 saturated heterocycles. The van der Waals surface area contributed by atoms with Gasteiger partial charge in [-0.2, -0.15) is 5.10 Å². The summed E-state index contributed by atoms with van der Waals surface area (Å²) in [6.07, 6.45) is 5.52. The molecule has 1 aliphatic heterocycles. The molecule has 21 heavy (non-hydrogen) atoms. The maximum Gasteiger partial charge on any atom is 0.160 e. The standard InChI is InChI=1S/C15H14ClN5/c1-2-3-12-14-7-21-15(17-8-19-21)11-6-10(16)4-5-13(11)20(14)9-18-12/h4-6,8-9H,2-3,7H2,1H3. The molecule has 0 fully saturated rings. The van der Waals surface area contributed by atoms with E-state index in [1.807, 2.05) is 29.2 Å². The van der Waals surface area contributed by atoms with Gasteiger partial charge in [0.1, 0.15) is 6.33 Å². The van der Waals surface area contributed by atoms with Crippen molar-refractivity contribution in [1.82, 2.24) is 24.3 Å². The Labute approximate surface area is 127 Å². The SMILES string of the molecule is CCCc1ncn2c1Cn1ncnc1-c1cc(Cl)ccc1-2. The molecule has 0 amide bonds. The smallest absolute Gasteiger partial charge is 0.160 e. The van der Waals surface area contributed by atoms with E-state index in [2.05, 4.69) is 26.6 Å². The number of aryl methyl sites for hydroxylation is 1. The summed E-state index contributed by atoms with van der Waals surface area (Å²) in [5.41, 5.74) is 4.33. The van der Waals surface area contributed by atoms with Crippen LogP contribution in [0.3, 0.4) is 0 Å². The number of halogens is 1. The lowest BCUT2D eigenvalue weighted by Crippen LogP contribution is -2.06. The van der Waals surface area contributed by atoms with E-state index in [9.17, 15) is 0 Å². The highest BCUT2D eigenvalue weighted by Crippen LogP contribution is 2.33. The van der Waals surface area contributed by atoms with Crippen molar-refractivity contribution in [3.8, 4) is 17.1 Å². The average Bonchev–Trinajstić information content (AvgIpc) is 3.06. The molecule has 0 saturated carbocycles. The normalized spacial score (nSPS) is 12.5. The van der Waals surface area contributed by atoms with Gasteiger partial charge < -0.3 is 4.57 Å². The highest BCUT2D eigenvalue weighted by Gasteiger charge is 2.23. The third-order valence-electron chi connectivity index (χ3n) is 3.81. The van der Waals surface area contributed by atoms with Crippen LogP contribution in [0, 0.1) is 0 Å². The van der Waals surface area contributed by atoms with Gasteiger partial charge in [0.25, 0.3) is 0 Å². The molecule has 0 N–H and O–H groups in total. The molecule has 0 aliphatic carbocycles. The summed E-state index contributed by atoms with van der Waals surface area (Å²) in [5.74, 6) is 0.846. The van der Waals surface area contributed by atoms with Crippen LogP contribution in [-0.4, -0.2) is 24.3 Å². The molecular weight excluding hydrogens is 286 g/mol. The highest BCUT2D eigenvalue weighted by atomic mass is 35.5. The zero-order valence-corrected chi connectivity index (χ0v) is 12.4. The van der Waals surface area contributed by atoms with E-state index in [1.165, 1.54) is 5.69 Å². The van der Waals surface area contributed by atoms with Crippen LogP contribution < -0.4 is 0 Å². The van der Waals surface area contributed by atoms with Gasteiger partial charge in [-0.1, -0.05) is 24.9 Å². The van der Waals surface area contributed by atoms with Gasteiger partial charge in [0.05, 0.1) is 29.9 Å². The minimum atomic E-state index is 0.678. The lowest BCUT2D eigenvalue weighted by Gasteiger charge is -2.08. The third-order valence-corrected chi connectivity index (χ3v) is 4.05. The van der Waals surface area contributed by atoms with Crippen molar-refractivity contribution in [1.29, 1.82) is 0 Å². The predicted molar refractivity (Wildman–Crippen MR) is 80.7 cm³/mol. The van der Waals surface area contributed by atoms with Gasteiger partial charge in [0, 0.05) is 10.6 Å². The van der Waals surface area contributed by atoms with Gasteiger partial charge in [0.15, 0.2) is 5.82 Å². The maximum absolute atomic E-state index is 6.16. The second-order valence-electron chi connectivity index (χ2n) is 5.16. The first-order valence-corrected chi connectivity index (χ1v) is 7.39. The quantitative estimate of drug-likeness (QED) is 0.571. The third kappa shape index (κ3) is 1.88. The van der Waals surface area contributed by atoms with Crippen molar-refractivity contribution in [2.75, 3.05) is 0 Å². The monoisotopic (exact) mass is 299 g/mol. The van der Waals surface area contributed by atoms with Crippen molar-refractivity contribution in [3.05, 3.63) is 47.3 Å². The Hall–Kier alpha value is -2.14. The summed E-state index contributed by atoms with van der Waals surface area (Å²) in [5, 5.41) is 5.04. The summed E-state index contributed by atoms with van der Waals surface area (Å²) < 4.78 is 4.04. The zero-order valence-electron chi connectivity index (χ0n) is 11.6. The topological polar surface area (TPSA) is 48.5 Å². The zero-order chi connectivity index (χ0) is 14.4. The number of imidazole rings is 1. The number of fused-ring (bicyclic) bond motifs is 5. The first kappa shape index (κ1) is 12.6. The van der Waals surface area contributed by atoms with Crippen LogP contribution >= 0.6 is 11.6 Å². The summed E-state index contributed by atoms with van der Waals surface area (Å²) in [7, 11) is 0. The first-order valence-electron chi connectivity index (χ1n) is 7.01. The van der Waals surface area contributed by atoms with Crippen molar-refractivity contribution >= 4 is 11.6 Å². The summed E-state index contributed by atoms with van der Waals surface area (Å²) in [6.45, 7) is 2.84. The van der Waals surface area contributed by atoms with E-state index < -0.39 is 0 Å². The molecule has 0 atom stereocenters. The second kappa shape index (κ2) is 4.70. The number of hydrogen-bond donors (Lipinski definition) is 0. The molecule has 4 rings (SSSR count). The van der Waals surface area contributed by atoms with Crippen LogP contribution in [0.25, 0.3) is 17.1 Å². The molecule has 3 aromatic rings. The Kier molecular flexibility index (Phi) is 2.82. The van der Waals surface area contributed by atoms with Gasteiger partial charge in [-0.3, -0.25) is 0 Å². The molecule has 2 aromatic heterocycles. The molecule has 0 spiro atoms. The second-order valence-corrected chi connectivity index (χ2v) is 5.60. The van der Waals surface area contributed by atoms with E-state index in [0.29, 0.717) is 11.6 Å². The predicted octanol–water partition coefficient (Wildman–Crippen LogP) is 3.10. The van der Waals surface area contributed by atoms with E-state index in [4.69, 9.17) is 11.6 Å². The highest BCUT2D eigenvalue weighted by molar-refractivity contribution is 6.31. The van der Waals surface area contributed by atoms with Crippen LogP contribution in [0.5, 0.6) is 0 Å². The van der Waals surface area contributed by atoms with E-state index in [-0.39, 0.29) is 0 Å². The van der Waals surface area contributed by atoms with Gasteiger partial charge in [-0.25, -0.2) is 14.6 Å². The van der Waals surface area contributed by atoms with Crippen molar-refractivity contribution < 1.29 is 0 Å². The Balaban J connectivity index is 2.02. The Bertz CT molecular complexity index is 817. The van der Waals surface area contributed by atoms with Gasteiger partial charge in [0.2, 0.25) is 0 Å².